The maximum Gasteiger partial charge on any atom is 0.343 e. The second-order valence-corrected chi connectivity index (χ2v) is 4.91. The highest BCUT2D eigenvalue weighted by atomic mass is 16.5. The molecule has 0 saturated heterocycles. The molecule has 1 aromatic heterocycles. The Hall–Kier alpha value is -2.56. The van der Waals surface area contributed by atoms with Crippen LogP contribution >= 0.6 is 0 Å². The van der Waals surface area contributed by atoms with Crippen molar-refractivity contribution >= 4 is 5.97 Å². The van der Waals surface area contributed by atoms with E-state index in [1.165, 1.54) is 7.11 Å². The number of benzene rings is 1. The Kier molecular flexibility index (Phi) is 4.99. The first-order chi connectivity index (χ1) is 10.6. The lowest BCUT2D eigenvalue weighted by atomic mass is 10.1. The van der Waals surface area contributed by atoms with E-state index in [2.05, 4.69) is 9.72 Å². The molecule has 0 radical (unpaired) electrons. The van der Waals surface area contributed by atoms with Gasteiger partial charge in [-0.15, -0.1) is 0 Å². The molecule has 0 aliphatic rings. The molecule has 0 aliphatic heterocycles. The molecule has 0 spiro atoms. The van der Waals surface area contributed by atoms with Gasteiger partial charge < -0.3 is 14.5 Å². The smallest absolute Gasteiger partial charge is 0.343 e. The van der Waals surface area contributed by atoms with Crippen LogP contribution in [-0.2, 0) is 4.74 Å². The fourth-order valence-electron chi connectivity index (χ4n) is 2.22. The summed E-state index contributed by atoms with van der Waals surface area (Å²) < 4.78 is 10.3. The van der Waals surface area contributed by atoms with E-state index in [-0.39, 0.29) is 5.56 Å². The van der Waals surface area contributed by atoms with E-state index in [1.54, 1.807) is 13.0 Å². The molecule has 1 aromatic carbocycles. The third kappa shape index (κ3) is 3.19. The van der Waals surface area contributed by atoms with Crippen LogP contribution in [0.2, 0.25) is 0 Å². The average Bonchev–Trinajstić information content (AvgIpc) is 2.52. The molecule has 2 rings (SSSR count). The molecule has 0 amide bonds. The molecule has 1 N–H and O–H groups in total. The summed E-state index contributed by atoms with van der Waals surface area (Å²) in [5.41, 5.74) is 1.52. The SMILES string of the molecule is CCCOc1ccccc1-c1cc(C)c(C(=O)OC)c(=O)[nH]1. The number of nitrogens with one attached hydrogen (secondary N) is 1. The van der Waals surface area contributed by atoms with E-state index in [1.807, 2.05) is 31.2 Å². The largest absolute Gasteiger partial charge is 0.493 e. The van der Waals surface area contributed by atoms with Crippen molar-refractivity contribution in [3.05, 3.63) is 51.8 Å². The van der Waals surface area contributed by atoms with Crippen LogP contribution in [0.5, 0.6) is 5.75 Å². The second-order valence-electron chi connectivity index (χ2n) is 4.91. The Balaban J connectivity index is 2.51. The Morgan fingerprint density at radius 3 is 2.64 bits per heavy atom. The number of carbonyl (C=O) groups excluding carboxylic acids is 1. The van der Waals surface area contributed by atoms with E-state index in [0.717, 1.165) is 12.0 Å². The van der Waals surface area contributed by atoms with Crippen LogP contribution in [0.4, 0.5) is 0 Å². The number of hydrogen-bond acceptors (Lipinski definition) is 4. The maximum absolute atomic E-state index is 12.2. The molecule has 2 aromatic rings. The lowest BCUT2D eigenvalue weighted by Gasteiger charge is -2.12. The van der Waals surface area contributed by atoms with Gasteiger partial charge in [-0.2, -0.15) is 0 Å². The predicted molar refractivity (Wildman–Crippen MR) is 84.4 cm³/mol. The van der Waals surface area contributed by atoms with Crippen LogP contribution in [0.3, 0.4) is 0 Å². The number of esters is 1. The van der Waals surface area contributed by atoms with E-state index < -0.39 is 11.5 Å². The number of para-hydroxylation sites is 1. The van der Waals surface area contributed by atoms with Gasteiger partial charge >= 0.3 is 5.97 Å². The molecule has 116 valence electrons. The minimum Gasteiger partial charge on any atom is -0.493 e. The first-order valence-electron chi connectivity index (χ1n) is 7.13. The van der Waals surface area contributed by atoms with Gasteiger partial charge in [0, 0.05) is 5.56 Å². The lowest BCUT2D eigenvalue weighted by Crippen LogP contribution is -2.21. The fraction of sp³-hybridized carbons (Fsp3) is 0.294. The van der Waals surface area contributed by atoms with Gasteiger partial charge in [0.1, 0.15) is 11.3 Å². The molecule has 0 saturated carbocycles. The van der Waals surface area contributed by atoms with Crippen LogP contribution in [0.15, 0.2) is 35.1 Å². The van der Waals surface area contributed by atoms with E-state index >= 15 is 0 Å². The van der Waals surface area contributed by atoms with Crippen molar-refractivity contribution in [3.63, 3.8) is 0 Å². The maximum atomic E-state index is 12.2. The predicted octanol–water partition coefficient (Wildman–Crippen LogP) is 2.93. The van der Waals surface area contributed by atoms with Gasteiger partial charge in [-0.25, -0.2) is 4.79 Å². The van der Waals surface area contributed by atoms with Crippen LogP contribution in [-0.4, -0.2) is 24.7 Å². The summed E-state index contributed by atoms with van der Waals surface area (Å²) in [7, 11) is 1.25. The summed E-state index contributed by atoms with van der Waals surface area (Å²) in [5, 5.41) is 0. The minimum atomic E-state index is -0.638. The Morgan fingerprint density at radius 1 is 1.27 bits per heavy atom. The molecule has 22 heavy (non-hydrogen) atoms. The number of methoxy groups -OCH3 is 1. The standard InChI is InChI=1S/C17H19NO4/c1-4-9-22-14-8-6-5-7-12(14)13-10-11(2)15(16(19)18-13)17(20)21-3/h5-8,10H,4,9H2,1-3H3,(H,18,19). The third-order valence-electron chi connectivity index (χ3n) is 3.26. The number of ether oxygens (including phenoxy) is 2. The molecule has 0 bridgehead atoms. The zero-order valence-electron chi connectivity index (χ0n) is 12.9. The number of aryl methyl sites for hydroxylation is 1. The molecule has 0 unspecified atom stereocenters. The molecule has 0 atom stereocenters. The number of H-pyrrole nitrogens is 1. The van der Waals surface area contributed by atoms with Crippen molar-refractivity contribution < 1.29 is 14.3 Å². The summed E-state index contributed by atoms with van der Waals surface area (Å²) >= 11 is 0. The Bertz CT molecular complexity index is 734. The highest BCUT2D eigenvalue weighted by Crippen LogP contribution is 2.28. The summed E-state index contributed by atoms with van der Waals surface area (Å²) in [6.07, 6.45) is 0.894. The van der Waals surface area contributed by atoms with Crippen molar-refractivity contribution in [1.82, 2.24) is 4.98 Å². The van der Waals surface area contributed by atoms with Crippen LogP contribution in [0.25, 0.3) is 11.3 Å². The van der Waals surface area contributed by atoms with Gasteiger partial charge in [0.2, 0.25) is 0 Å². The van der Waals surface area contributed by atoms with Crippen molar-refractivity contribution in [2.75, 3.05) is 13.7 Å². The number of aromatic nitrogens is 1. The zero-order valence-corrected chi connectivity index (χ0v) is 12.9. The van der Waals surface area contributed by atoms with Crippen LogP contribution < -0.4 is 10.3 Å². The first-order valence-corrected chi connectivity index (χ1v) is 7.13. The number of carbonyl (C=O) groups is 1. The van der Waals surface area contributed by atoms with Gasteiger partial charge in [0.15, 0.2) is 0 Å². The molecule has 5 nitrogen and oxygen atoms in total. The van der Waals surface area contributed by atoms with Gasteiger partial charge in [-0.3, -0.25) is 4.79 Å². The Labute approximate surface area is 128 Å². The fourth-order valence-corrected chi connectivity index (χ4v) is 2.22. The molecule has 0 aliphatic carbocycles. The second kappa shape index (κ2) is 6.93. The van der Waals surface area contributed by atoms with Gasteiger partial charge in [0.25, 0.3) is 5.56 Å². The van der Waals surface area contributed by atoms with Gasteiger partial charge in [0.05, 0.1) is 19.4 Å². The number of rotatable bonds is 5. The number of hydrogen-bond donors (Lipinski definition) is 1. The molecular weight excluding hydrogens is 282 g/mol. The zero-order chi connectivity index (χ0) is 16.1. The monoisotopic (exact) mass is 301 g/mol. The molecule has 1 heterocycles. The Morgan fingerprint density at radius 2 is 2.00 bits per heavy atom. The van der Waals surface area contributed by atoms with E-state index in [9.17, 15) is 9.59 Å². The highest BCUT2D eigenvalue weighted by Gasteiger charge is 2.17. The molecule has 0 fully saturated rings. The quantitative estimate of drug-likeness (QED) is 0.862. The number of pyridine rings is 1. The molecular formula is C17H19NO4. The van der Waals surface area contributed by atoms with E-state index in [4.69, 9.17) is 4.74 Å². The number of aromatic amines is 1. The van der Waals surface area contributed by atoms with Gasteiger partial charge in [-0.1, -0.05) is 19.1 Å². The third-order valence-corrected chi connectivity index (χ3v) is 3.26. The average molecular weight is 301 g/mol. The summed E-state index contributed by atoms with van der Waals surface area (Å²) in [5.74, 6) is 0.0611. The van der Waals surface area contributed by atoms with Gasteiger partial charge in [-0.05, 0) is 37.1 Å². The van der Waals surface area contributed by atoms with Crippen molar-refractivity contribution in [2.45, 2.75) is 20.3 Å². The first kappa shape index (κ1) is 15.8. The van der Waals surface area contributed by atoms with Crippen molar-refractivity contribution in [2.24, 2.45) is 0 Å². The van der Waals surface area contributed by atoms with E-state index in [0.29, 0.717) is 23.6 Å². The summed E-state index contributed by atoms with van der Waals surface area (Å²) in [4.78, 5) is 26.5. The summed E-state index contributed by atoms with van der Waals surface area (Å²) in [6, 6.07) is 9.22. The lowest BCUT2D eigenvalue weighted by molar-refractivity contribution is 0.0598. The highest BCUT2D eigenvalue weighted by molar-refractivity contribution is 5.91. The van der Waals surface area contributed by atoms with Crippen molar-refractivity contribution in [1.29, 1.82) is 0 Å². The van der Waals surface area contributed by atoms with Crippen LogP contribution in [0.1, 0.15) is 29.3 Å². The topological polar surface area (TPSA) is 68.4 Å². The van der Waals surface area contributed by atoms with Crippen molar-refractivity contribution in [3.8, 4) is 17.0 Å². The van der Waals surface area contributed by atoms with Crippen LogP contribution in [0, 0.1) is 6.92 Å². The minimum absolute atomic E-state index is 0.0261. The summed E-state index contributed by atoms with van der Waals surface area (Å²) in [6.45, 7) is 4.33. The molecule has 5 heteroatoms. The normalized spacial score (nSPS) is 10.3.